The lowest BCUT2D eigenvalue weighted by Gasteiger charge is -2.14. The molecule has 0 aromatic carbocycles. The van der Waals surface area contributed by atoms with Gasteiger partial charge < -0.3 is 0 Å². The molecule has 2 nitrogen and oxygen atoms in total. The zero-order chi connectivity index (χ0) is 7.23. The van der Waals surface area contributed by atoms with Gasteiger partial charge in [0.2, 0.25) is 0 Å². The first kappa shape index (κ1) is 7.43. The largest absolute Gasteiger partial charge is 0.285 e. The van der Waals surface area contributed by atoms with Crippen LogP contribution in [0.15, 0.2) is 0 Å². The Morgan fingerprint density at radius 2 is 1.90 bits per heavy atom. The van der Waals surface area contributed by atoms with Crippen molar-refractivity contribution in [2.24, 2.45) is 5.92 Å². The molecule has 0 saturated heterocycles. The van der Waals surface area contributed by atoms with Crippen LogP contribution in [0.4, 0.5) is 0 Å². The standard InChI is InChI=1S/C8H12O2/c9-10-7-6-8-4-2-1-3-5-8/h8-9H,1-5H2. The van der Waals surface area contributed by atoms with Crippen molar-refractivity contribution in [3.8, 4) is 12.0 Å². The molecule has 2 heteroatoms. The lowest BCUT2D eigenvalue weighted by atomic mass is 9.90. The van der Waals surface area contributed by atoms with E-state index in [-0.39, 0.29) is 0 Å². The summed E-state index contributed by atoms with van der Waals surface area (Å²) in [6.45, 7) is 0. The van der Waals surface area contributed by atoms with Crippen molar-refractivity contribution in [1.29, 1.82) is 0 Å². The van der Waals surface area contributed by atoms with E-state index in [9.17, 15) is 0 Å². The predicted molar refractivity (Wildman–Crippen MR) is 38.1 cm³/mol. The Kier molecular flexibility index (Phi) is 3.11. The van der Waals surface area contributed by atoms with E-state index in [1.54, 1.807) is 0 Å². The highest BCUT2D eigenvalue weighted by Gasteiger charge is 2.09. The van der Waals surface area contributed by atoms with Crippen LogP contribution in [0.25, 0.3) is 0 Å². The molecular weight excluding hydrogens is 128 g/mol. The van der Waals surface area contributed by atoms with Crippen LogP contribution < -0.4 is 0 Å². The zero-order valence-corrected chi connectivity index (χ0v) is 5.97. The summed E-state index contributed by atoms with van der Waals surface area (Å²) >= 11 is 0. The summed E-state index contributed by atoms with van der Waals surface area (Å²) in [6, 6.07) is 0. The Morgan fingerprint density at radius 3 is 2.50 bits per heavy atom. The summed E-state index contributed by atoms with van der Waals surface area (Å²) in [5.41, 5.74) is 0. The van der Waals surface area contributed by atoms with Crippen molar-refractivity contribution in [2.45, 2.75) is 32.1 Å². The molecule has 10 heavy (non-hydrogen) atoms. The molecule has 0 atom stereocenters. The molecule has 0 aliphatic heterocycles. The Labute approximate surface area is 61.1 Å². The van der Waals surface area contributed by atoms with Gasteiger partial charge in [0.05, 0.1) is 0 Å². The first-order valence-corrected chi connectivity index (χ1v) is 3.74. The smallest absolute Gasteiger partial charge is 0.157 e. The maximum absolute atomic E-state index is 7.92. The molecule has 1 N–H and O–H groups in total. The molecule has 1 rings (SSSR count). The van der Waals surface area contributed by atoms with Gasteiger partial charge in [0.25, 0.3) is 0 Å². The quantitative estimate of drug-likeness (QED) is 0.317. The molecule has 0 heterocycles. The lowest BCUT2D eigenvalue weighted by molar-refractivity contribution is -0.172. The Bertz CT molecular complexity index is 137. The summed E-state index contributed by atoms with van der Waals surface area (Å²) in [5.74, 6) is 3.31. The Hall–Kier alpha value is -0.680. The molecular formula is C8H12O2. The van der Waals surface area contributed by atoms with Gasteiger partial charge in [0.1, 0.15) is 0 Å². The minimum absolute atomic E-state index is 0.459. The third-order valence-electron chi connectivity index (χ3n) is 1.91. The van der Waals surface area contributed by atoms with Crippen molar-refractivity contribution >= 4 is 0 Å². The van der Waals surface area contributed by atoms with Gasteiger partial charge in [-0.1, -0.05) is 25.2 Å². The van der Waals surface area contributed by atoms with E-state index >= 15 is 0 Å². The number of rotatable bonds is 0. The summed E-state index contributed by atoms with van der Waals surface area (Å²) < 4.78 is 0. The Balaban J connectivity index is 2.25. The molecule has 56 valence electrons. The molecule has 0 spiro atoms. The minimum Gasteiger partial charge on any atom is -0.285 e. The highest BCUT2D eigenvalue weighted by Crippen LogP contribution is 2.22. The second-order valence-electron chi connectivity index (χ2n) is 2.67. The zero-order valence-electron chi connectivity index (χ0n) is 5.97. The SMILES string of the molecule is OOC#CC1CCCCC1. The highest BCUT2D eigenvalue weighted by molar-refractivity contribution is 4.98. The molecule has 0 unspecified atom stereocenters. The summed E-state index contributed by atoms with van der Waals surface area (Å²) in [6.07, 6.45) is 8.42. The van der Waals surface area contributed by atoms with Crippen LogP contribution in [0.5, 0.6) is 0 Å². The molecule has 0 bridgehead atoms. The molecule has 0 amide bonds. The van der Waals surface area contributed by atoms with E-state index < -0.39 is 0 Å². The highest BCUT2D eigenvalue weighted by atomic mass is 17.1. The van der Waals surface area contributed by atoms with E-state index in [0.717, 1.165) is 12.8 Å². The van der Waals surface area contributed by atoms with E-state index in [4.69, 9.17) is 5.26 Å². The van der Waals surface area contributed by atoms with Crippen molar-refractivity contribution in [3.05, 3.63) is 0 Å². The molecule has 1 aliphatic carbocycles. The topological polar surface area (TPSA) is 29.5 Å². The van der Waals surface area contributed by atoms with Crippen LogP contribution in [0, 0.1) is 17.9 Å². The molecule has 1 fully saturated rings. The summed E-state index contributed by atoms with van der Waals surface area (Å²) in [5, 5.41) is 7.92. The molecule has 1 aliphatic rings. The van der Waals surface area contributed by atoms with Crippen LogP contribution in [0.3, 0.4) is 0 Å². The third-order valence-corrected chi connectivity index (χ3v) is 1.91. The van der Waals surface area contributed by atoms with Crippen LogP contribution in [-0.4, -0.2) is 5.26 Å². The summed E-state index contributed by atoms with van der Waals surface area (Å²) in [7, 11) is 0. The monoisotopic (exact) mass is 140 g/mol. The van der Waals surface area contributed by atoms with E-state index in [2.05, 4.69) is 16.9 Å². The van der Waals surface area contributed by atoms with Crippen LogP contribution in [-0.2, 0) is 4.89 Å². The maximum atomic E-state index is 7.92. The summed E-state index contributed by atoms with van der Waals surface area (Å²) in [4.78, 5) is 3.68. The van der Waals surface area contributed by atoms with Gasteiger partial charge in [-0.05, 0) is 12.8 Å². The van der Waals surface area contributed by atoms with Crippen LogP contribution in [0.1, 0.15) is 32.1 Å². The van der Waals surface area contributed by atoms with Gasteiger partial charge in [0.15, 0.2) is 6.11 Å². The van der Waals surface area contributed by atoms with Gasteiger partial charge in [-0.3, -0.25) is 4.89 Å². The van der Waals surface area contributed by atoms with Gasteiger partial charge in [0, 0.05) is 5.92 Å². The first-order valence-electron chi connectivity index (χ1n) is 3.74. The third kappa shape index (κ3) is 2.28. The second-order valence-corrected chi connectivity index (χ2v) is 2.67. The fourth-order valence-electron chi connectivity index (χ4n) is 1.36. The van der Waals surface area contributed by atoms with Gasteiger partial charge in [-0.15, -0.1) is 0 Å². The molecule has 0 radical (unpaired) electrons. The normalized spacial score (nSPS) is 19.3. The fourth-order valence-corrected chi connectivity index (χ4v) is 1.36. The predicted octanol–water partition coefficient (Wildman–Crippen LogP) is 2.02. The fraction of sp³-hybridized carbons (Fsp3) is 0.750. The number of hydrogen-bond donors (Lipinski definition) is 1. The van der Waals surface area contributed by atoms with Crippen LogP contribution in [0.2, 0.25) is 0 Å². The average molecular weight is 140 g/mol. The van der Waals surface area contributed by atoms with Gasteiger partial charge in [-0.2, -0.15) is 5.26 Å². The molecule has 0 aromatic rings. The van der Waals surface area contributed by atoms with E-state index in [1.807, 2.05) is 0 Å². The van der Waals surface area contributed by atoms with Crippen molar-refractivity contribution in [3.63, 3.8) is 0 Å². The minimum atomic E-state index is 0.459. The van der Waals surface area contributed by atoms with Crippen molar-refractivity contribution < 1.29 is 10.1 Å². The maximum Gasteiger partial charge on any atom is 0.157 e. The van der Waals surface area contributed by atoms with Gasteiger partial charge in [-0.25, -0.2) is 0 Å². The molecule has 0 aromatic heterocycles. The van der Waals surface area contributed by atoms with Crippen LogP contribution >= 0.6 is 0 Å². The van der Waals surface area contributed by atoms with Crippen molar-refractivity contribution in [2.75, 3.05) is 0 Å². The van der Waals surface area contributed by atoms with E-state index in [0.29, 0.717) is 5.92 Å². The second kappa shape index (κ2) is 4.19. The lowest BCUT2D eigenvalue weighted by Crippen LogP contribution is -2.02. The van der Waals surface area contributed by atoms with Crippen molar-refractivity contribution in [1.82, 2.24) is 0 Å². The molecule has 1 saturated carbocycles. The first-order chi connectivity index (χ1) is 4.93. The Morgan fingerprint density at radius 1 is 1.20 bits per heavy atom. The van der Waals surface area contributed by atoms with Gasteiger partial charge >= 0.3 is 0 Å². The average Bonchev–Trinajstić information content (AvgIpc) is 2.03. The van der Waals surface area contributed by atoms with E-state index in [1.165, 1.54) is 19.3 Å². The number of hydrogen-bond acceptors (Lipinski definition) is 2.